The molecule has 0 aliphatic carbocycles. The molecule has 0 saturated carbocycles. The lowest BCUT2D eigenvalue weighted by Crippen LogP contribution is -2.29. The van der Waals surface area contributed by atoms with Gasteiger partial charge in [-0.2, -0.15) is 0 Å². The third kappa shape index (κ3) is 4.53. The number of para-hydroxylation sites is 2. The number of carbonyl (C=O) groups excluding carboxylic acids is 2. The van der Waals surface area contributed by atoms with Gasteiger partial charge in [-0.1, -0.05) is 25.1 Å². The second-order valence-corrected chi connectivity index (χ2v) is 6.68. The van der Waals surface area contributed by atoms with Crippen molar-refractivity contribution < 1.29 is 18.7 Å². The van der Waals surface area contributed by atoms with Gasteiger partial charge >= 0.3 is 11.7 Å². The predicted octanol–water partition coefficient (Wildman–Crippen LogP) is 2.84. The van der Waals surface area contributed by atoms with Crippen LogP contribution in [0.1, 0.15) is 18.9 Å². The zero-order chi connectivity index (χ0) is 21.0. The summed E-state index contributed by atoms with van der Waals surface area (Å²) in [6.45, 7) is 3.28. The van der Waals surface area contributed by atoms with Gasteiger partial charge in [-0.15, -0.1) is 0 Å². The van der Waals surface area contributed by atoms with E-state index in [9.17, 15) is 18.8 Å². The van der Waals surface area contributed by atoms with E-state index in [2.05, 4.69) is 5.32 Å². The summed E-state index contributed by atoms with van der Waals surface area (Å²) in [5, 5.41) is 2.46. The Balaban J connectivity index is 1.65. The Morgan fingerprint density at radius 1 is 1.10 bits per heavy atom. The minimum atomic E-state index is -0.711. The van der Waals surface area contributed by atoms with Gasteiger partial charge in [-0.25, -0.2) is 9.18 Å². The summed E-state index contributed by atoms with van der Waals surface area (Å²) in [4.78, 5) is 36.8. The molecule has 0 fully saturated rings. The topological polar surface area (TPSA) is 82.3 Å². The van der Waals surface area contributed by atoms with Gasteiger partial charge in [0.15, 0.2) is 6.61 Å². The number of aryl methyl sites for hydroxylation is 2. The molecule has 0 aliphatic heterocycles. The third-order valence-corrected chi connectivity index (χ3v) is 4.48. The Morgan fingerprint density at radius 3 is 2.45 bits per heavy atom. The summed E-state index contributed by atoms with van der Waals surface area (Å²) < 4.78 is 21.5. The number of ether oxygens (including phenoxy) is 1. The molecule has 1 N–H and O–H groups in total. The van der Waals surface area contributed by atoms with E-state index in [1.165, 1.54) is 16.7 Å². The van der Waals surface area contributed by atoms with Gasteiger partial charge < -0.3 is 10.1 Å². The van der Waals surface area contributed by atoms with E-state index in [0.29, 0.717) is 17.6 Å². The van der Waals surface area contributed by atoms with Crippen molar-refractivity contribution in [2.45, 2.75) is 33.4 Å². The number of anilines is 1. The van der Waals surface area contributed by atoms with Crippen LogP contribution in [0.2, 0.25) is 0 Å². The molecule has 152 valence electrons. The fraction of sp³-hybridized carbons (Fsp3) is 0.286. The van der Waals surface area contributed by atoms with Crippen LogP contribution >= 0.6 is 0 Å². The lowest BCUT2D eigenvalue weighted by molar-refractivity contribution is -0.147. The highest BCUT2D eigenvalue weighted by Gasteiger charge is 2.16. The highest BCUT2D eigenvalue weighted by molar-refractivity contribution is 5.92. The number of aromatic nitrogens is 2. The predicted molar refractivity (Wildman–Crippen MR) is 107 cm³/mol. The van der Waals surface area contributed by atoms with E-state index in [0.717, 1.165) is 11.9 Å². The van der Waals surface area contributed by atoms with Crippen LogP contribution in [-0.2, 0) is 27.4 Å². The Morgan fingerprint density at radius 2 is 1.79 bits per heavy atom. The second kappa shape index (κ2) is 8.72. The Bertz CT molecular complexity index is 1120. The molecule has 0 radical (unpaired) electrons. The third-order valence-electron chi connectivity index (χ3n) is 4.48. The number of nitrogens with one attached hydrogen (secondary N) is 1. The summed E-state index contributed by atoms with van der Waals surface area (Å²) >= 11 is 0. The van der Waals surface area contributed by atoms with Crippen LogP contribution in [0.4, 0.5) is 10.1 Å². The summed E-state index contributed by atoms with van der Waals surface area (Å²) in [6, 6.07) is 11.5. The van der Waals surface area contributed by atoms with Gasteiger partial charge in [0.2, 0.25) is 0 Å². The van der Waals surface area contributed by atoms with Crippen molar-refractivity contribution in [2.24, 2.45) is 0 Å². The fourth-order valence-corrected chi connectivity index (χ4v) is 3.05. The highest BCUT2D eigenvalue weighted by atomic mass is 19.1. The summed E-state index contributed by atoms with van der Waals surface area (Å²) in [6.07, 6.45) is 0.776. The molecule has 0 atom stereocenters. The second-order valence-electron chi connectivity index (χ2n) is 6.68. The first-order chi connectivity index (χ1) is 13.9. The molecule has 8 heteroatoms. The summed E-state index contributed by atoms with van der Waals surface area (Å²) in [7, 11) is 0. The lowest BCUT2D eigenvalue weighted by atomic mass is 10.2. The number of esters is 1. The number of rotatable bonds is 7. The van der Waals surface area contributed by atoms with Crippen LogP contribution in [0.3, 0.4) is 0 Å². The molecule has 1 amide bonds. The van der Waals surface area contributed by atoms with Crippen molar-refractivity contribution in [1.82, 2.24) is 9.13 Å². The number of halogens is 1. The quantitative estimate of drug-likeness (QED) is 0.620. The molecule has 1 aromatic heterocycles. The van der Waals surface area contributed by atoms with Gasteiger partial charge in [-0.05, 0) is 43.2 Å². The largest absolute Gasteiger partial charge is 0.454 e. The van der Waals surface area contributed by atoms with Crippen molar-refractivity contribution in [3.8, 4) is 0 Å². The molecule has 0 spiro atoms. The molecular weight excluding hydrogens is 377 g/mol. The van der Waals surface area contributed by atoms with Crippen LogP contribution in [0, 0.1) is 12.7 Å². The number of hydrogen-bond donors (Lipinski definition) is 1. The Hall–Kier alpha value is -3.42. The van der Waals surface area contributed by atoms with Gasteiger partial charge in [0.05, 0.1) is 11.0 Å². The Kier molecular flexibility index (Phi) is 6.11. The van der Waals surface area contributed by atoms with Gasteiger partial charge in [0.25, 0.3) is 5.91 Å². The smallest absolute Gasteiger partial charge is 0.329 e. The van der Waals surface area contributed by atoms with E-state index in [4.69, 9.17) is 4.74 Å². The van der Waals surface area contributed by atoms with Gasteiger partial charge in [0, 0.05) is 12.2 Å². The molecule has 2 aromatic carbocycles. The highest BCUT2D eigenvalue weighted by Crippen LogP contribution is 2.14. The standard InChI is InChI=1S/C21H22FN3O4/c1-3-10-24-17-6-4-5-7-18(17)25(21(24)28)12-20(27)29-13-19(26)23-15-9-8-14(2)16(22)11-15/h4-9,11H,3,10,12-13H2,1-2H3,(H,23,26). The van der Waals surface area contributed by atoms with E-state index >= 15 is 0 Å². The van der Waals surface area contributed by atoms with Crippen molar-refractivity contribution >= 4 is 28.6 Å². The first-order valence-corrected chi connectivity index (χ1v) is 9.30. The lowest BCUT2D eigenvalue weighted by Gasteiger charge is -2.08. The molecule has 3 aromatic rings. The molecule has 1 heterocycles. The minimum absolute atomic E-state index is 0.271. The van der Waals surface area contributed by atoms with Gasteiger partial charge in [0.1, 0.15) is 12.4 Å². The molecule has 0 saturated heterocycles. The van der Waals surface area contributed by atoms with E-state index in [-0.39, 0.29) is 17.9 Å². The van der Waals surface area contributed by atoms with Crippen LogP contribution in [0.15, 0.2) is 47.3 Å². The summed E-state index contributed by atoms with van der Waals surface area (Å²) in [5.41, 5.74) is 1.80. The average molecular weight is 399 g/mol. The molecule has 0 bridgehead atoms. The maximum atomic E-state index is 13.5. The number of amides is 1. The molecule has 29 heavy (non-hydrogen) atoms. The first-order valence-electron chi connectivity index (χ1n) is 9.30. The van der Waals surface area contributed by atoms with E-state index in [1.807, 2.05) is 19.1 Å². The molecule has 0 unspecified atom stereocenters. The van der Waals surface area contributed by atoms with E-state index < -0.39 is 24.3 Å². The zero-order valence-electron chi connectivity index (χ0n) is 16.3. The van der Waals surface area contributed by atoms with Crippen LogP contribution in [-0.4, -0.2) is 27.6 Å². The SMILES string of the molecule is CCCn1c(=O)n(CC(=O)OCC(=O)Nc2ccc(C)c(F)c2)c2ccccc21. The molecule has 7 nitrogen and oxygen atoms in total. The Labute approximate surface area is 166 Å². The number of nitrogens with zero attached hydrogens (tertiary/aromatic N) is 2. The number of fused-ring (bicyclic) bond motifs is 1. The first kappa shape index (κ1) is 20.3. The number of imidazole rings is 1. The molecule has 3 rings (SSSR count). The maximum absolute atomic E-state index is 13.5. The van der Waals surface area contributed by atoms with Crippen LogP contribution < -0.4 is 11.0 Å². The number of hydrogen-bond acceptors (Lipinski definition) is 4. The van der Waals surface area contributed by atoms with Crippen LogP contribution in [0.5, 0.6) is 0 Å². The van der Waals surface area contributed by atoms with Crippen molar-refractivity contribution in [2.75, 3.05) is 11.9 Å². The maximum Gasteiger partial charge on any atom is 0.329 e. The monoisotopic (exact) mass is 399 g/mol. The molecule has 0 aliphatic rings. The fourth-order valence-electron chi connectivity index (χ4n) is 3.05. The van der Waals surface area contributed by atoms with Crippen LogP contribution in [0.25, 0.3) is 11.0 Å². The number of carbonyl (C=O) groups is 2. The number of benzene rings is 2. The van der Waals surface area contributed by atoms with E-state index in [1.54, 1.807) is 29.7 Å². The normalized spacial score (nSPS) is 10.9. The zero-order valence-corrected chi connectivity index (χ0v) is 16.3. The molecular formula is C21H22FN3O4. The minimum Gasteiger partial charge on any atom is -0.454 e. The average Bonchev–Trinajstić information content (AvgIpc) is 2.95. The van der Waals surface area contributed by atoms with Crippen molar-refractivity contribution in [3.05, 3.63) is 64.3 Å². The van der Waals surface area contributed by atoms with Gasteiger partial charge in [-0.3, -0.25) is 18.7 Å². The van der Waals surface area contributed by atoms with Crippen molar-refractivity contribution in [1.29, 1.82) is 0 Å². The van der Waals surface area contributed by atoms with Crippen molar-refractivity contribution in [3.63, 3.8) is 0 Å². The summed E-state index contributed by atoms with van der Waals surface area (Å²) in [5.74, 6) is -1.75.